The Morgan fingerprint density at radius 2 is 1.88 bits per heavy atom. The number of carbonyl (C=O) groups is 2. The van der Waals surface area contributed by atoms with E-state index in [0.29, 0.717) is 27.9 Å². The lowest BCUT2D eigenvalue weighted by Crippen LogP contribution is -2.33. The van der Waals surface area contributed by atoms with Crippen molar-refractivity contribution in [1.29, 1.82) is 0 Å². The zero-order valence-electron chi connectivity index (χ0n) is 17.1. The molecule has 1 atom stereocenters. The number of phenolic OH excluding ortho intramolecular Hbond substituents is 1. The van der Waals surface area contributed by atoms with Crippen LogP contribution in [0.25, 0.3) is 0 Å². The minimum absolute atomic E-state index is 0. The first-order chi connectivity index (χ1) is 15.4. The molecule has 0 spiro atoms. The predicted octanol–water partition coefficient (Wildman–Crippen LogP) is 5.68. The van der Waals surface area contributed by atoms with Gasteiger partial charge in [-0.3, -0.25) is 9.59 Å². The summed E-state index contributed by atoms with van der Waals surface area (Å²) in [6.07, 6.45) is 0.549. The molecule has 0 fully saturated rings. The molecule has 1 unspecified atom stereocenters. The molecule has 0 aliphatic carbocycles. The zero-order chi connectivity index (χ0) is 22.8. The Kier molecular flexibility index (Phi) is 7.61. The summed E-state index contributed by atoms with van der Waals surface area (Å²) in [7, 11) is 1.42. The molecule has 33 heavy (non-hydrogen) atoms. The number of Topliss-reactive ketones (excluding diaryl/α,β-unsaturated/α-hetero) is 1. The van der Waals surface area contributed by atoms with Crippen LogP contribution in [-0.4, -0.2) is 40.5 Å². The number of nitrogens with zero attached hydrogens (tertiary/aromatic N) is 1. The van der Waals surface area contributed by atoms with Crippen molar-refractivity contribution in [3.63, 3.8) is 0 Å². The fraction of sp³-hybridized carbons (Fsp3) is 0.200. The monoisotopic (exact) mass is 529 g/mol. The molecule has 2 N–H and O–H groups in total. The SMILES string of the molecule is C.COc1cc(C2C(C(=O)c3cccs3)=C(O)C(=O)N2CCc2ccccc2)cc(Br)c1O. The lowest BCUT2D eigenvalue weighted by molar-refractivity contribution is -0.129. The predicted molar refractivity (Wildman–Crippen MR) is 132 cm³/mol. The number of benzene rings is 2. The van der Waals surface area contributed by atoms with Crippen molar-refractivity contribution in [1.82, 2.24) is 4.90 Å². The van der Waals surface area contributed by atoms with Crippen molar-refractivity contribution >= 4 is 39.0 Å². The summed E-state index contributed by atoms with van der Waals surface area (Å²) >= 11 is 4.56. The lowest BCUT2D eigenvalue weighted by atomic mass is 9.95. The van der Waals surface area contributed by atoms with E-state index in [2.05, 4.69) is 15.9 Å². The Morgan fingerprint density at radius 1 is 1.15 bits per heavy atom. The number of hydrogen-bond donors (Lipinski definition) is 2. The normalized spacial score (nSPS) is 15.5. The Balaban J connectivity index is 0.00000306. The summed E-state index contributed by atoms with van der Waals surface area (Å²) in [5.74, 6) is -1.45. The summed E-state index contributed by atoms with van der Waals surface area (Å²) in [5.41, 5.74) is 1.59. The minimum Gasteiger partial charge on any atom is -0.503 e. The number of halogens is 1. The quantitative estimate of drug-likeness (QED) is 0.384. The van der Waals surface area contributed by atoms with Crippen LogP contribution in [-0.2, 0) is 11.2 Å². The highest BCUT2D eigenvalue weighted by atomic mass is 79.9. The summed E-state index contributed by atoms with van der Waals surface area (Å²) in [6, 6.07) is 15.5. The average molecular weight is 530 g/mol. The first kappa shape index (κ1) is 24.5. The van der Waals surface area contributed by atoms with Crippen LogP contribution in [0, 0.1) is 0 Å². The van der Waals surface area contributed by atoms with Gasteiger partial charge in [0.2, 0.25) is 5.78 Å². The van der Waals surface area contributed by atoms with Crippen molar-refractivity contribution in [3.8, 4) is 11.5 Å². The van der Waals surface area contributed by atoms with Crippen LogP contribution in [0.1, 0.15) is 34.3 Å². The third-order valence-electron chi connectivity index (χ3n) is 5.36. The molecule has 2 aromatic carbocycles. The number of aliphatic hydroxyl groups is 1. The highest BCUT2D eigenvalue weighted by Gasteiger charge is 2.44. The second kappa shape index (κ2) is 10.2. The van der Waals surface area contributed by atoms with Crippen LogP contribution in [0.4, 0.5) is 0 Å². The number of methoxy groups -OCH3 is 1. The Morgan fingerprint density at radius 3 is 2.52 bits per heavy atom. The number of aromatic hydroxyl groups is 1. The van der Waals surface area contributed by atoms with Crippen LogP contribution in [0.3, 0.4) is 0 Å². The molecular weight excluding hydrogens is 506 g/mol. The minimum atomic E-state index is -0.827. The molecule has 8 heteroatoms. The second-order valence-corrected chi connectivity index (χ2v) is 9.06. The maximum atomic E-state index is 13.3. The van der Waals surface area contributed by atoms with Crippen LogP contribution in [0.2, 0.25) is 0 Å². The van der Waals surface area contributed by atoms with Crippen LogP contribution in [0.5, 0.6) is 11.5 Å². The lowest BCUT2D eigenvalue weighted by Gasteiger charge is -2.27. The van der Waals surface area contributed by atoms with Gasteiger partial charge in [0.05, 0.1) is 28.1 Å². The third kappa shape index (κ3) is 4.67. The Hall–Kier alpha value is -3.10. The average Bonchev–Trinajstić information content (AvgIpc) is 3.42. The standard InChI is InChI=1S/C24H20BrNO5S.CH4/c1-31-17-13-15(12-16(25)21(17)27)20-19(22(28)18-8-5-11-32-18)23(29)24(30)26(20)10-9-14-6-3-2-4-7-14;/h2-8,11-13,20,27,29H,9-10H2,1H3;1H4. The van der Waals surface area contributed by atoms with Gasteiger partial charge in [-0.05, 0) is 57.1 Å². The zero-order valence-corrected chi connectivity index (χ0v) is 19.5. The van der Waals surface area contributed by atoms with Crippen molar-refractivity contribution in [3.05, 3.63) is 91.8 Å². The summed E-state index contributed by atoms with van der Waals surface area (Å²) < 4.78 is 5.63. The molecule has 1 aliphatic heterocycles. The fourth-order valence-corrected chi connectivity index (χ4v) is 4.94. The van der Waals surface area contributed by atoms with Crippen molar-refractivity contribution in [2.45, 2.75) is 19.9 Å². The molecule has 0 radical (unpaired) electrons. The van der Waals surface area contributed by atoms with Gasteiger partial charge in [-0.25, -0.2) is 0 Å². The number of amides is 1. The van der Waals surface area contributed by atoms with E-state index in [9.17, 15) is 19.8 Å². The van der Waals surface area contributed by atoms with Crippen molar-refractivity contribution < 1.29 is 24.5 Å². The maximum absolute atomic E-state index is 13.3. The Labute approximate surface area is 204 Å². The molecule has 3 aromatic rings. The molecule has 0 saturated carbocycles. The van der Waals surface area contributed by atoms with Gasteiger partial charge in [0.1, 0.15) is 0 Å². The number of ether oxygens (including phenoxy) is 1. The number of ketones is 1. The number of phenols is 1. The van der Waals surface area contributed by atoms with E-state index in [1.54, 1.807) is 29.6 Å². The van der Waals surface area contributed by atoms with E-state index >= 15 is 0 Å². The highest BCUT2D eigenvalue weighted by Crippen LogP contribution is 2.44. The summed E-state index contributed by atoms with van der Waals surface area (Å²) in [5, 5.41) is 22.8. The smallest absolute Gasteiger partial charge is 0.290 e. The van der Waals surface area contributed by atoms with Gasteiger partial charge in [-0.2, -0.15) is 0 Å². The van der Waals surface area contributed by atoms with Gasteiger partial charge in [0.15, 0.2) is 17.3 Å². The molecule has 4 rings (SSSR count). The van der Waals surface area contributed by atoms with E-state index in [-0.39, 0.29) is 24.5 Å². The molecule has 1 aromatic heterocycles. The molecule has 0 bridgehead atoms. The van der Waals surface area contributed by atoms with Gasteiger partial charge in [0, 0.05) is 6.54 Å². The van der Waals surface area contributed by atoms with E-state index < -0.39 is 23.5 Å². The van der Waals surface area contributed by atoms with E-state index in [0.717, 1.165) is 5.56 Å². The summed E-state index contributed by atoms with van der Waals surface area (Å²) in [6.45, 7) is 0.291. The number of carbonyl (C=O) groups excluding carboxylic acids is 2. The van der Waals surface area contributed by atoms with Gasteiger partial charge in [-0.1, -0.05) is 43.8 Å². The highest BCUT2D eigenvalue weighted by molar-refractivity contribution is 9.10. The molecule has 0 saturated heterocycles. The fourth-order valence-electron chi connectivity index (χ4n) is 3.80. The largest absolute Gasteiger partial charge is 0.503 e. The first-order valence-corrected chi connectivity index (χ1v) is 11.5. The number of rotatable bonds is 7. The van der Waals surface area contributed by atoms with Gasteiger partial charge in [0.25, 0.3) is 5.91 Å². The van der Waals surface area contributed by atoms with E-state index in [1.807, 2.05) is 30.3 Å². The van der Waals surface area contributed by atoms with Gasteiger partial charge >= 0.3 is 0 Å². The number of hydrogen-bond acceptors (Lipinski definition) is 6. The molecule has 6 nitrogen and oxygen atoms in total. The van der Waals surface area contributed by atoms with E-state index in [4.69, 9.17) is 4.74 Å². The molecule has 2 heterocycles. The maximum Gasteiger partial charge on any atom is 0.290 e. The Bertz CT molecular complexity index is 1190. The van der Waals surface area contributed by atoms with Crippen LogP contribution < -0.4 is 4.74 Å². The third-order valence-corrected chi connectivity index (χ3v) is 6.84. The molecule has 172 valence electrons. The molecule has 1 amide bonds. The van der Waals surface area contributed by atoms with Crippen LogP contribution >= 0.6 is 27.3 Å². The molecule has 1 aliphatic rings. The second-order valence-electron chi connectivity index (χ2n) is 7.26. The number of thiophene rings is 1. The van der Waals surface area contributed by atoms with Crippen molar-refractivity contribution in [2.24, 2.45) is 0 Å². The van der Waals surface area contributed by atoms with Crippen LogP contribution in [0.15, 0.2) is 75.8 Å². The molecular formula is C25H24BrNO5S. The first-order valence-electron chi connectivity index (χ1n) is 9.85. The van der Waals surface area contributed by atoms with Gasteiger partial charge < -0.3 is 19.8 Å². The van der Waals surface area contributed by atoms with Crippen molar-refractivity contribution in [2.75, 3.05) is 13.7 Å². The topological polar surface area (TPSA) is 87.1 Å². The summed E-state index contributed by atoms with van der Waals surface area (Å²) in [4.78, 5) is 28.3. The number of aliphatic hydroxyl groups excluding tert-OH is 1. The van der Waals surface area contributed by atoms with E-state index in [1.165, 1.54) is 23.3 Å². The van der Waals surface area contributed by atoms with Gasteiger partial charge in [-0.15, -0.1) is 11.3 Å².